The minimum atomic E-state index is -0.220. The minimum absolute atomic E-state index is 0.220. The fourth-order valence-electron chi connectivity index (χ4n) is 3.20. The Hall–Kier alpha value is -1.59. The highest BCUT2D eigenvalue weighted by atomic mass is 16.5. The highest BCUT2D eigenvalue weighted by Gasteiger charge is 2.51. The maximum atomic E-state index is 12.6. The number of amides is 1. The Bertz CT molecular complexity index is 534. The van der Waals surface area contributed by atoms with Gasteiger partial charge in [-0.15, -0.1) is 0 Å². The molecule has 5 heteroatoms. The molecular weight excluding hydrogens is 280 g/mol. The van der Waals surface area contributed by atoms with Crippen LogP contribution in [-0.4, -0.2) is 60.7 Å². The first kappa shape index (κ1) is 15.3. The average Bonchev–Trinajstić information content (AvgIpc) is 3.29. The molecule has 22 heavy (non-hydrogen) atoms. The normalized spacial score (nSPS) is 20.9. The fourth-order valence-corrected chi connectivity index (χ4v) is 3.20. The number of benzene rings is 1. The number of phenols is 1. The number of hydrogen-bond donors (Lipinski definition) is 1. The Balaban J connectivity index is 1.51. The number of ether oxygens (including phenoxy) is 1. The van der Waals surface area contributed by atoms with Crippen LogP contribution in [0.2, 0.25) is 0 Å². The zero-order chi connectivity index (χ0) is 15.6. The largest absolute Gasteiger partial charge is 0.508 e. The lowest BCUT2D eigenvalue weighted by Gasteiger charge is -2.36. The van der Waals surface area contributed by atoms with Gasteiger partial charge in [-0.1, -0.05) is 12.1 Å². The summed E-state index contributed by atoms with van der Waals surface area (Å²) in [5, 5.41) is 9.52. The van der Waals surface area contributed by atoms with Gasteiger partial charge in [0.1, 0.15) is 5.75 Å². The van der Waals surface area contributed by atoms with Crippen molar-refractivity contribution in [3.05, 3.63) is 29.8 Å². The van der Waals surface area contributed by atoms with Crippen LogP contribution >= 0.6 is 0 Å². The molecule has 0 radical (unpaired) electrons. The Kier molecular flexibility index (Phi) is 4.36. The summed E-state index contributed by atoms with van der Waals surface area (Å²) >= 11 is 0. The predicted octanol–water partition coefficient (Wildman–Crippen LogP) is 1.46. The lowest BCUT2D eigenvalue weighted by molar-refractivity contribution is -0.140. The molecule has 1 aliphatic heterocycles. The highest BCUT2D eigenvalue weighted by molar-refractivity contribution is 5.85. The van der Waals surface area contributed by atoms with Gasteiger partial charge in [0.15, 0.2) is 0 Å². The summed E-state index contributed by atoms with van der Waals surface area (Å²) in [7, 11) is 1.67. The summed E-state index contributed by atoms with van der Waals surface area (Å²) in [4.78, 5) is 16.9. The fraction of sp³-hybridized carbons (Fsp3) is 0.588. The maximum absolute atomic E-state index is 12.6. The van der Waals surface area contributed by atoms with Crippen molar-refractivity contribution in [3.8, 4) is 5.75 Å². The van der Waals surface area contributed by atoms with Gasteiger partial charge in [0.05, 0.1) is 12.0 Å². The standard InChI is InChI=1S/C17H24N2O3/c1-22-13-17(5-6-17)16(21)19-9-7-18(8-10-19)12-14-3-2-4-15(20)11-14/h2-4,11,20H,5-10,12-13H2,1H3. The number of hydrogen-bond acceptors (Lipinski definition) is 4. The summed E-state index contributed by atoms with van der Waals surface area (Å²) in [6, 6.07) is 7.38. The molecule has 0 spiro atoms. The third-order valence-corrected chi connectivity index (χ3v) is 4.70. The van der Waals surface area contributed by atoms with Gasteiger partial charge < -0.3 is 14.7 Å². The van der Waals surface area contributed by atoms with Crippen molar-refractivity contribution in [2.24, 2.45) is 5.41 Å². The van der Waals surface area contributed by atoms with Crippen molar-refractivity contribution in [3.63, 3.8) is 0 Å². The van der Waals surface area contributed by atoms with E-state index < -0.39 is 0 Å². The van der Waals surface area contributed by atoms with Crippen LogP contribution in [0.1, 0.15) is 18.4 Å². The van der Waals surface area contributed by atoms with Gasteiger partial charge >= 0.3 is 0 Å². The molecular formula is C17H24N2O3. The van der Waals surface area contributed by atoms with E-state index in [1.54, 1.807) is 19.2 Å². The van der Waals surface area contributed by atoms with Crippen LogP contribution in [-0.2, 0) is 16.1 Å². The van der Waals surface area contributed by atoms with Crippen LogP contribution in [0, 0.1) is 5.41 Å². The predicted molar refractivity (Wildman–Crippen MR) is 83.5 cm³/mol. The summed E-state index contributed by atoms with van der Waals surface area (Å²) in [5.41, 5.74) is 0.889. The summed E-state index contributed by atoms with van der Waals surface area (Å²) in [6.07, 6.45) is 1.92. The Morgan fingerprint density at radius 3 is 2.59 bits per heavy atom. The number of nitrogens with zero attached hydrogens (tertiary/aromatic N) is 2. The van der Waals surface area contributed by atoms with Crippen molar-refractivity contribution in [2.75, 3.05) is 39.9 Å². The van der Waals surface area contributed by atoms with Gasteiger partial charge in [-0.25, -0.2) is 0 Å². The maximum Gasteiger partial charge on any atom is 0.231 e. The Morgan fingerprint density at radius 2 is 2.00 bits per heavy atom. The van der Waals surface area contributed by atoms with E-state index in [1.165, 1.54) is 0 Å². The first-order chi connectivity index (χ1) is 10.6. The van der Waals surface area contributed by atoms with Crippen molar-refractivity contribution in [2.45, 2.75) is 19.4 Å². The molecule has 2 fully saturated rings. The molecule has 1 amide bonds. The van der Waals surface area contributed by atoms with E-state index >= 15 is 0 Å². The third kappa shape index (κ3) is 3.25. The summed E-state index contributed by atoms with van der Waals surface area (Å²) < 4.78 is 5.21. The third-order valence-electron chi connectivity index (χ3n) is 4.70. The lowest BCUT2D eigenvalue weighted by atomic mass is 10.1. The summed E-state index contributed by atoms with van der Waals surface area (Å²) in [5.74, 6) is 0.577. The molecule has 0 bridgehead atoms. The zero-order valence-electron chi connectivity index (χ0n) is 13.1. The molecule has 1 saturated carbocycles. The molecule has 0 aromatic heterocycles. The van der Waals surface area contributed by atoms with Gasteiger partial charge in [-0.05, 0) is 30.5 Å². The average molecular weight is 304 g/mol. The Morgan fingerprint density at radius 1 is 1.27 bits per heavy atom. The van der Waals surface area contributed by atoms with Crippen molar-refractivity contribution in [1.82, 2.24) is 9.80 Å². The van der Waals surface area contributed by atoms with Crippen LogP contribution in [0.5, 0.6) is 5.75 Å². The number of methoxy groups -OCH3 is 1. The molecule has 2 aliphatic rings. The van der Waals surface area contributed by atoms with E-state index in [0.717, 1.165) is 51.1 Å². The molecule has 0 atom stereocenters. The topological polar surface area (TPSA) is 53.0 Å². The van der Waals surface area contributed by atoms with Gasteiger partial charge in [-0.2, -0.15) is 0 Å². The van der Waals surface area contributed by atoms with Crippen molar-refractivity contribution in [1.29, 1.82) is 0 Å². The molecule has 1 aromatic rings. The van der Waals surface area contributed by atoms with Gasteiger partial charge in [0.25, 0.3) is 0 Å². The smallest absolute Gasteiger partial charge is 0.231 e. The minimum Gasteiger partial charge on any atom is -0.508 e. The second kappa shape index (κ2) is 6.26. The Labute approximate surface area is 131 Å². The molecule has 120 valence electrons. The van der Waals surface area contributed by atoms with Crippen LogP contribution in [0.3, 0.4) is 0 Å². The van der Waals surface area contributed by atoms with Crippen molar-refractivity contribution < 1.29 is 14.6 Å². The number of rotatable bonds is 5. The molecule has 1 heterocycles. The van der Waals surface area contributed by atoms with Crippen molar-refractivity contribution >= 4 is 5.91 Å². The molecule has 1 saturated heterocycles. The molecule has 1 N–H and O–H groups in total. The first-order valence-corrected chi connectivity index (χ1v) is 7.91. The zero-order valence-corrected chi connectivity index (χ0v) is 13.1. The molecule has 1 aliphatic carbocycles. The van der Waals surface area contributed by atoms with E-state index in [-0.39, 0.29) is 11.3 Å². The molecule has 1 aromatic carbocycles. The van der Waals surface area contributed by atoms with Crippen LogP contribution in [0.4, 0.5) is 0 Å². The van der Waals surface area contributed by atoms with Gasteiger partial charge in [-0.3, -0.25) is 9.69 Å². The number of carbonyl (C=O) groups is 1. The first-order valence-electron chi connectivity index (χ1n) is 7.91. The van der Waals surface area contributed by atoms with E-state index in [4.69, 9.17) is 4.74 Å². The van der Waals surface area contributed by atoms with Gasteiger partial charge in [0.2, 0.25) is 5.91 Å². The second-order valence-corrected chi connectivity index (χ2v) is 6.45. The SMILES string of the molecule is COCC1(C(=O)N2CCN(Cc3cccc(O)c3)CC2)CC1. The molecule has 5 nitrogen and oxygen atoms in total. The lowest BCUT2D eigenvalue weighted by Crippen LogP contribution is -2.51. The number of aromatic hydroxyl groups is 1. The van der Waals surface area contributed by atoms with E-state index in [1.807, 2.05) is 17.0 Å². The van der Waals surface area contributed by atoms with Gasteiger partial charge in [0, 0.05) is 39.8 Å². The van der Waals surface area contributed by atoms with Crippen LogP contribution in [0.25, 0.3) is 0 Å². The monoisotopic (exact) mass is 304 g/mol. The number of piperazine rings is 1. The number of carbonyl (C=O) groups excluding carboxylic acids is 1. The highest BCUT2D eigenvalue weighted by Crippen LogP contribution is 2.47. The van der Waals surface area contributed by atoms with E-state index in [0.29, 0.717) is 12.4 Å². The van der Waals surface area contributed by atoms with E-state index in [2.05, 4.69) is 4.90 Å². The summed E-state index contributed by atoms with van der Waals surface area (Å²) in [6.45, 7) is 4.69. The van der Waals surface area contributed by atoms with Crippen LogP contribution < -0.4 is 0 Å². The van der Waals surface area contributed by atoms with Crippen LogP contribution in [0.15, 0.2) is 24.3 Å². The molecule has 0 unspecified atom stereocenters. The van der Waals surface area contributed by atoms with E-state index in [9.17, 15) is 9.90 Å². The number of phenolic OH excluding ortho intramolecular Hbond substituents is 1. The quantitative estimate of drug-likeness (QED) is 0.895. The molecule has 3 rings (SSSR count). The second-order valence-electron chi connectivity index (χ2n) is 6.45.